The summed E-state index contributed by atoms with van der Waals surface area (Å²) in [6.45, 7) is 5.63. The Morgan fingerprint density at radius 3 is 2.73 bits per heavy atom. The molecule has 1 aliphatic heterocycles. The van der Waals surface area contributed by atoms with E-state index >= 15 is 0 Å². The smallest absolute Gasteiger partial charge is 0.239 e. The molecule has 0 aromatic rings. The maximum absolute atomic E-state index is 11.9. The van der Waals surface area contributed by atoms with E-state index in [1.54, 1.807) is 7.11 Å². The molecule has 1 saturated heterocycles. The summed E-state index contributed by atoms with van der Waals surface area (Å²) in [6.07, 6.45) is 1.88. The van der Waals surface area contributed by atoms with Gasteiger partial charge in [0.05, 0.1) is 12.1 Å². The van der Waals surface area contributed by atoms with Crippen molar-refractivity contribution in [2.45, 2.75) is 38.8 Å². The van der Waals surface area contributed by atoms with E-state index in [0.717, 1.165) is 19.4 Å². The van der Waals surface area contributed by atoms with Crippen molar-refractivity contribution in [2.24, 2.45) is 11.7 Å². The molecule has 0 saturated carbocycles. The van der Waals surface area contributed by atoms with Gasteiger partial charge in [0.25, 0.3) is 0 Å². The lowest BCUT2D eigenvalue weighted by atomic mass is 10.0. The number of likely N-dealkylation sites (tertiary alicyclic amines) is 1. The Hall–Kier alpha value is -0.610. The molecule has 88 valence electrons. The summed E-state index contributed by atoms with van der Waals surface area (Å²) in [7, 11) is 1.69. The van der Waals surface area contributed by atoms with E-state index in [-0.39, 0.29) is 18.1 Å². The molecule has 0 aromatic heterocycles. The van der Waals surface area contributed by atoms with Crippen LogP contribution in [0, 0.1) is 5.92 Å². The molecule has 1 heterocycles. The summed E-state index contributed by atoms with van der Waals surface area (Å²) < 4.78 is 5.22. The van der Waals surface area contributed by atoms with Crippen molar-refractivity contribution >= 4 is 5.91 Å². The minimum atomic E-state index is -0.347. The van der Waals surface area contributed by atoms with Gasteiger partial charge in [-0.05, 0) is 18.8 Å². The number of amides is 1. The average molecular weight is 214 g/mol. The highest BCUT2D eigenvalue weighted by Crippen LogP contribution is 2.14. The molecule has 1 amide bonds. The van der Waals surface area contributed by atoms with Crippen molar-refractivity contribution in [3.8, 4) is 0 Å². The number of ether oxygens (including phenoxy) is 1. The van der Waals surface area contributed by atoms with Crippen LogP contribution in [0.5, 0.6) is 0 Å². The first-order chi connectivity index (χ1) is 7.04. The predicted octanol–water partition coefficient (Wildman–Crippen LogP) is 0.607. The molecular formula is C11H22N2O2. The van der Waals surface area contributed by atoms with Crippen LogP contribution in [0.4, 0.5) is 0 Å². The average Bonchev–Trinajstić information content (AvgIpc) is 2.63. The van der Waals surface area contributed by atoms with Crippen molar-refractivity contribution < 1.29 is 9.53 Å². The molecule has 2 N–H and O–H groups in total. The summed E-state index contributed by atoms with van der Waals surface area (Å²) in [6, 6.07) is -0.347. The molecule has 4 nitrogen and oxygen atoms in total. The minimum absolute atomic E-state index is 0.0725. The lowest BCUT2D eigenvalue weighted by molar-refractivity contribution is -0.132. The zero-order valence-electron chi connectivity index (χ0n) is 9.90. The Morgan fingerprint density at radius 2 is 2.27 bits per heavy atom. The van der Waals surface area contributed by atoms with Gasteiger partial charge in [0, 0.05) is 20.2 Å². The molecular weight excluding hydrogens is 192 g/mol. The first kappa shape index (κ1) is 12.5. The Labute approximate surface area is 91.8 Å². The fraction of sp³-hybridized carbons (Fsp3) is 0.909. The lowest BCUT2D eigenvalue weighted by Crippen LogP contribution is -2.43. The van der Waals surface area contributed by atoms with Gasteiger partial charge in [0.2, 0.25) is 5.91 Å². The van der Waals surface area contributed by atoms with Gasteiger partial charge >= 0.3 is 0 Å². The van der Waals surface area contributed by atoms with Gasteiger partial charge in [-0.2, -0.15) is 0 Å². The largest absolute Gasteiger partial charge is 0.380 e. The quantitative estimate of drug-likeness (QED) is 0.746. The zero-order chi connectivity index (χ0) is 11.4. The highest BCUT2D eigenvalue weighted by Gasteiger charge is 2.29. The van der Waals surface area contributed by atoms with E-state index in [2.05, 4.69) is 13.8 Å². The molecule has 1 aliphatic rings. The predicted molar refractivity (Wildman–Crippen MR) is 59.4 cm³/mol. The van der Waals surface area contributed by atoms with Crippen molar-refractivity contribution in [2.75, 3.05) is 20.2 Å². The van der Waals surface area contributed by atoms with Gasteiger partial charge in [-0.25, -0.2) is 0 Å². The number of methoxy groups -OCH3 is 1. The maximum Gasteiger partial charge on any atom is 0.239 e. The van der Waals surface area contributed by atoms with E-state index < -0.39 is 0 Å². The third kappa shape index (κ3) is 3.47. The van der Waals surface area contributed by atoms with Gasteiger partial charge in [-0.1, -0.05) is 13.8 Å². The molecule has 2 atom stereocenters. The zero-order valence-corrected chi connectivity index (χ0v) is 9.90. The number of rotatable bonds is 4. The normalized spacial score (nSPS) is 23.5. The van der Waals surface area contributed by atoms with E-state index in [1.807, 2.05) is 4.90 Å². The van der Waals surface area contributed by atoms with Crippen LogP contribution in [-0.4, -0.2) is 43.2 Å². The highest BCUT2D eigenvalue weighted by molar-refractivity contribution is 5.81. The van der Waals surface area contributed by atoms with E-state index in [4.69, 9.17) is 10.5 Å². The van der Waals surface area contributed by atoms with Crippen LogP contribution in [0.2, 0.25) is 0 Å². The van der Waals surface area contributed by atoms with Crippen LogP contribution in [0.3, 0.4) is 0 Å². The number of nitrogens with two attached hydrogens (primary N) is 1. The fourth-order valence-corrected chi connectivity index (χ4v) is 1.96. The monoisotopic (exact) mass is 214 g/mol. The number of hydrogen-bond acceptors (Lipinski definition) is 3. The first-order valence-electron chi connectivity index (χ1n) is 5.61. The van der Waals surface area contributed by atoms with Gasteiger partial charge in [0.1, 0.15) is 0 Å². The van der Waals surface area contributed by atoms with E-state index in [9.17, 15) is 4.79 Å². The number of carbonyl (C=O) groups is 1. The van der Waals surface area contributed by atoms with Crippen molar-refractivity contribution in [1.29, 1.82) is 0 Å². The standard InChI is InChI=1S/C11H22N2O2/c1-8(2)6-10(12)11(14)13-5-4-9(7-13)15-3/h8-10H,4-7,12H2,1-3H3/t9?,10-/m0/s1. The Morgan fingerprint density at radius 1 is 1.60 bits per heavy atom. The summed E-state index contributed by atoms with van der Waals surface area (Å²) in [5.41, 5.74) is 5.85. The van der Waals surface area contributed by atoms with Crippen LogP contribution in [0.25, 0.3) is 0 Å². The topological polar surface area (TPSA) is 55.6 Å². The highest BCUT2D eigenvalue weighted by atomic mass is 16.5. The van der Waals surface area contributed by atoms with Crippen LogP contribution >= 0.6 is 0 Å². The van der Waals surface area contributed by atoms with Gasteiger partial charge in [0.15, 0.2) is 0 Å². The van der Waals surface area contributed by atoms with E-state index in [1.165, 1.54) is 0 Å². The Kier molecular flexibility index (Phi) is 4.54. The molecule has 0 spiro atoms. The fourth-order valence-electron chi connectivity index (χ4n) is 1.96. The molecule has 0 aromatic carbocycles. The Bertz CT molecular complexity index is 219. The molecule has 0 bridgehead atoms. The second-order valence-corrected chi connectivity index (χ2v) is 4.67. The Balaban J connectivity index is 2.40. The molecule has 1 fully saturated rings. The maximum atomic E-state index is 11.9. The second kappa shape index (κ2) is 5.47. The van der Waals surface area contributed by atoms with Gasteiger partial charge < -0.3 is 15.4 Å². The number of nitrogens with zero attached hydrogens (tertiary/aromatic N) is 1. The van der Waals surface area contributed by atoms with Crippen LogP contribution in [0.15, 0.2) is 0 Å². The molecule has 0 aliphatic carbocycles. The molecule has 0 radical (unpaired) electrons. The number of hydrogen-bond donors (Lipinski definition) is 1. The summed E-state index contributed by atoms with van der Waals surface area (Å²) in [4.78, 5) is 13.7. The van der Waals surface area contributed by atoms with E-state index in [0.29, 0.717) is 12.5 Å². The third-order valence-corrected chi connectivity index (χ3v) is 2.83. The molecule has 1 unspecified atom stereocenters. The second-order valence-electron chi connectivity index (χ2n) is 4.67. The molecule has 4 heteroatoms. The van der Waals surface area contributed by atoms with Gasteiger partial charge in [-0.3, -0.25) is 4.79 Å². The van der Waals surface area contributed by atoms with Crippen molar-refractivity contribution in [3.05, 3.63) is 0 Å². The minimum Gasteiger partial charge on any atom is -0.380 e. The van der Waals surface area contributed by atoms with Gasteiger partial charge in [-0.15, -0.1) is 0 Å². The van der Waals surface area contributed by atoms with Crippen LogP contribution in [-0.2, 0) is 9.53 Å². The SMILES string of the molecule is COC1CCN(C(=O)[C@@H](N)CC(C)C)C1. The van der Waals surface area contributed by atoms with Crippen LogP contribution in [0.1, 0.15) is 26.7 Å². The lowest BCUT2D eigenvalue weighted by Gasteiger charge is -2.21. The first-order valence-corrected chi connectivity index (χ1v) is 5.61. The van der Waals surface area contributed by atoms with Crippen LogP contribution < -0.4 is 5.73 Å². The summed E-state index contributed by atoms with van der Waals surface area (Å²) in [5.74, 6) is 0.535. The molecule has 1 rings (SSSR count). The molecule has 15 heavy (non-hydrogen) atoms. The third-order valence-electron chi connectivity index (χ3n) is 2.83. The van der Waals surface area contributed by atoms with Crippen molar-refractivity contribution in [1.82, 2.24) is 4.90 Å². The summed E-state index contributed by atoms with van der Waals surface area (Å²) in [5, 5.41) is 0. The number of carbonyl (C=O) groups excluding carboxylic acids is 1. The van der Waals surface area contributed by atoms with Crippen molar-refractivity contribution in [3.63, 3.8) is 0 Å². The summed E-state index contributed by atoms with van der Waals surface area (Å²) >= 11 is 0.